The molecule has 0 spiro atoms. The van der Waals surface area contributed by atoms with E-state index in [-0.39, 0.29) is 5.91 Å². The van der Waals surface area contributed by atoms with Crippen LogP contribution in [0.25, 0.3) is 16.3 Å². The Kier molecular flexibility index (Phi) is 6.58. The van der Waals surface area contributed by atoms with Crippen LogP contribution < -0.4 is 0 Å². The lowest BCUT2D eigenvalue weighted by molar-refractivity contribution is 0.0746. The summed E-state index contributed by atoms with van der Waals surface area (Å²) >= 11 is 13.8. The van der Waals surface area contributed by atoms with E-state index in [1.807, 2.05) is 34.5 Å². The van der Waals surface area contributed by atoms with Gasteiger partial charge in [0.05, 0.1) is 20.6 Å². The van der Waals surface area contributed by atoms with Crippen molar-refractivity contribution in [3.8, 4) is 16.3 Å². The van der Waals surface area contributed by atoms with Gasteiger partial charge in [-0.2, -0.15) is 5.10 Å². The second-order valence-electron chi connectivity index (χ2n) is 6.19. The molecule has 0 aliphatic carbocycles. The van der Waals surface area contributed by atoms with Gasteiger partial charge < -0.3 is 4.90 Å². The highest BCUT2D eigenvalue weighted by atomic mass is 35.5. The highest BCUT2D eigenvalue weighted by Gasteiger charge is 2.22. The largest absolute Gasteiger partial charge is 0.337 e. The number of hydrogen-bond donors (Lipinski definition) is 0. The smallest absolute Gasteiger partial charge is 0.272 e. The summed E-state index contributed by atoms with van der Waals surface area (Å²) in [7, 11) is 0. The summed E-state index contributed by atoms with van der Waals surface area (Å²) in [6.07, 6.45) is 1.81. The Balaban J connectivity index is 2.10. The van der Waals surface area contributed by atoms with Crippen LogP contribution >= 0.6 is 34.5 Å². The van der Waals surface area contributed by atoms with E-state index in [0.717, 1.165) is 23.4 Å². The number of carbonyl (C=O) groups excluding carboxylic acids is 1. The Labute approximate surface area is 173 Å². The third-order valence-corrected chi connectivity index (χ3v) is 5.76. The zero-order valence-corrected chi connectivity index (χ0v) is 17.6. The molecule has 0 aliphatic heterocycles. The molecule has 0 saturated carbocycles. The van der Waals surface area contributed by atoms with Crippen LogP contribution in [0.5, 0.6) is 0 Å². The molecule has 1 aromatic carbocycles. The van der Waals surface area contributed by atoms with Crippen LogP contribution in [0.15, 0.2) is 41.8 Å². The second kappa shape index (κ2) is 8.91. The van der Waals surface area contributed by atoms with Gasteiger partial charge in [-0.3, -0.25) is 4.79 Å². The van der Waals surface area contributed by atoms with E-state index in [1.165, 1.54) is 0 Å². The highest BCUT2D eigenvalue weighted by molar-refractivity contribution is 7.13. The number of hydrogen-bond acceptors (Lipinski definition) is 3. The molecule has 0 radical (unpaired) electrons. The normalized spacial score (nSPS) is 11.0. The van der Waals surface area contributed by atoms with Gasteiger partial charge in [0.25, 0.3) is 5.91 Å². The van der Waals surface area contributed by atoms with Gasteiger partial charge in [-0.15, -0.1) is 11.3 Å². The molecule has 2 aromatic heterocycles. The van der Waals surface area contributed by atoms with Crippen LogP contribution in [0.1, 0.15) is 37.2 Å². The lowest BCUT2D eigenvalue weighted by Crippen LogP contribution is -2.33. The number of aromatic nitrogens is 2. The van der Waals surface area contributed by atoms with Crippen molar-refractivity contribution in [2.45, 2.75) is 26.7 Å². The topological polar surface area (TPSA) is 38.1 Å². The first-order valence-electron chi connectivity index (χ1n) is 8.93. The molecule has 0 bridgehead atoms. The van der Waals surface area contributed by atoms with Crippen LogP contribution in [0.4, 0.5) is 0 Å². The summed E-state index contributed by atoms with van der Waals surface area (Å²) < 4.78 is 1.66. The molecule has 3 rings (SSSR count). The molecule has 1 amide bonds. The maximum Gasteiger partial charge on any atom is 0.272 e. The fourth-order valence-corrected chi connectivity index (χ4v) is 3.88. The molecule has 27 heavy (non-hydrogen) atoms. The molecule has 0 unspecified atom stereocenters. The molecule has 2 heterocycles. The third-order valence-electron chi connectivity index (χ3n) is 4.12. The molecule has 7 heteroatoms. The van der Waals surface area contributed by atoms with E-state index >= 15 is 0 Å². The quantitative estimate of drug-likeness (QED) is 0.457. The first kappa shape index (κ1) is 19.9. The lowest BCUT2D eigenvalue weighted by Gasteiger charge is -2.21. The van der Waals surface area contributed by atoms with Gasteiger partial charge in [0.1, 0.15) is 11.4 Å². The molecule has 142 valence electrons. The van der Waals surface area contributed by atoms with Crippen molar-refractivity contribution in [1.29, 1.82) is 0 Å². The number of rotatable bonds is 7. The van der Waals surface area contributed by atoms with Crippen LogP contribution in [-0.4, -0.2) is 33.7 Å². The van der Waals surface area contributed by atoms with Crippen LogP contribution in [0.3, 0.4) is 0 Å². The molecular formula is C20H21Cl2N3OS. The Morgan fingerprint density at radius 1 is 1.11 bits per heavy atom. The van der Waals surface area contributed by atoms with E-state index in [4.69, 9.17) is 28.3 Å². The summed E-state index contributed by atoms with van der Waals surface area (Å²) in [5, 5.41) is 7.59. The van der Waals surface area contributed by atoms with Gasteiger partial charge in [-0.1, -0.05) is 43.1 Å². The molecule has 0 atom stereocenters. The summed E-state index contributed by atoms with van der Waals surface area (Å²) in [4.78, 5) is 16.2. The van der Waals surface area contributed by atoms with E-state index in [1.54, 1.807) is 28.2 Å². The number of halogens is 2. The van der Waals surface area contributed by atoms with Gasteiger partial charge in [0, 0.05) is 13.1 Å². The maximum atomic E-state index is 13.3. The zero-order chi connectivity index (χ0) is 19.4. The number of thiophene rings is 1. The number of amides is 1. The van der Waals surface area contributed by atoms with E-state index in [9.17, 15) is 4.79 Å². The van der Waals surface area contributed by atoms with E-state index in [2.05, 4.69) is 13.8 Å². The Bertz CT molecular complexity index is 915. The summed E-state index contributed by atoms with van der Waals surface area (Å²) in [5.41, 5.74) is 2.01. The van der Waals surface area contributed by atoms with E-state index < -0.39 is 0 Å². The standard InChI is InChI=1S/C20H21Cl2N3OS/c1-3-9-24(10-4-2)20(26)18-13-17(19-6-5-11-27-19)23-25(18)14-7-8-15(21)16(22)12-14/h5-8,11-13H,3-4,9-10H2,1-2H3. The van der Waals surface area contributed by atoms with Gasteiger partial charge in [0.15, 0.2) is 0 Å². The molecule has 0 N–H and O–H groups in total. The summed E-state index contributed by atoms with van der Waals surface area (Å²) in [6.45, 7) is 5.58. The van der Waals surface area contributed by atoms with Crippen molar-refractivity contribution in [1.82, 2.24) is 14.7 Å². The van der Waals surface area contributed by atoms with Crippen molar-refractivity contribution in [3.63, 3.8) is 0 Å². The minimum absolute atomic E-state index is 0.0277. The predicted octanol–water partition coefficient (Wildman–Crippen LogP) is 6.17. The summed E-state index contributed by atoms with van der Waals surface area (Å²) in [6, 6.07) is 11.1. The minimum atomic E-state index is -0.0277. The fraction of sp³-hybridized carbons (Fsp3) is 0.300. The molecule has 0 saturated heterocycles. The predicted molar refractivity (Wildman–Crippen MR) is 113 cm³/mol. The SMILES string of the molecule is CCCN(CCC)C(=O)c1cc(-c2cccs2)nn1-c1ccc(Cl)c(Cl)c1. The molecule has 4 nitrogen and oxygen atoms in total. The first-order valence-corrected chi connectivity index (χ1v) is 10.6. The second-order valence-corrected chi connectivity index (χ2v) is 7.96. The Morgan fingerprint density at radius 3 is 2.44 bits per heavy atom. The highest BCUT2D eigenvalue weighted by Crippen LogP contribution is 2.29. The molecule has 0 aliphatic rings. The van der Waals surface area contributed by atoms with Crippen LogP contribution in [-0.2, 0) is 0 Å². The van der Waals surface area contributed by atoms with Crippen LogP contribution in [0, 0.1) is 0 Å². The Morgan fingerprint density at radius 2 is 1.85 bits per heavy atom. The number of benzene rings is 1. The van der Waals surface area contributed by atoms with Crippen LogP contribution in [0.2, 0.25) is 10.0 Å². The number of carbonyl (C=O) groups is 1. The summed E-state index contributed by atoms with van der Waals surface area (Å²) in [5.74, 6) is -0.0277. The Hall–Kier alpha value is -1.82. The van der Waals surface area contributed by atoms with Gasteiger partial charge >= 0.3 is 0 Å². The maximum absolute atomic E-state index is 13.3. The fourth-order valence-electron chi connectivity index (χ4n) is 2.91. The van der Waals surface area contributed by atoms with Gasteiger partial charge in [-0.05, 0) is 48.6 Å². The third kappa shape index (κ3) is 4.37. The molecule has 3 aromatic rings. The van der Waals surface area contributed by atoms with Crippen molar-refractivity contribution in [2.24, 2.45) is 0 Å². The van der Waals surface area contributed by atoms with Crippen molar-refractivity contribution in [3.05, 3.63) is 57.5 Å². The van der Waals surface area contributed by atoms with E-state index in [0.29, 0.717) is 34.5 Å². The molecular weight excluding hydrogens is 401 g/mol. The van der Waals surface area contributed by atoms with Crippen molar-refractivity contribution in [2.75, 3.05) is 13.1 Å². The van der Waals surface area contributed by atoms with Gasteiger partial charge in [0.2, 0.25) is 0 Å². The number of nitrogens with zero attached hydrogens (tertiary/aromatic N) is 3. The monoisotopic (exact) mass is 421 g/mol. The molecule has 0 fully saturated rings. The average molecular weight is 422 g/mol. The first-order chi connectivity index (χ1) is 13.0. The average Bonchev–Trinajstić information content (AvgIpc) is 3.32. The van der Waals surface area contributed by atoms with Gasteiger partial charge in [-0.25, -0.2) is 4.68 Å². The lowest BCUT2D eigenvalue weighted by atomic mass is 10.2. The van der Waals surface area contributed by atoms with Crippen molar-refractivity contribution < 1.29 is 4.79 Å². The zero-order valence-electron chi connectivity index (χ0n) is 15.3. The van der Waals surface area contributed by atoms with Crippen molar-refractivity contribution >= 4 is 40.4 Å². The minimum Gasteiger partial charge on any atom is -0.337 e.